The summed E-state index contributed by atoms with van der Waals surface area (Å²) in [6, 6.07) is 5.32. The van der Waals surface area contributed by atoms with Crippen LogP contribution in [0.3, 0.4) is 0 Å². The van der Waals surface area contributed by atoms with E-state index in [2.05, 4.69) is 0 Å². The van der Waals surface area contributed by atoms with Gasteiger partial charge in [-0.25, -0.2) is 4.79 Å². The van der Waals surface area contributed by atoms with Gasteiger partial charge in [0.05, 0.1) is 0 Å². The molecule has 1 aromatic rings. The predicted octanol–water partition coefficient (Wildman–Crippen LogP) is 3.72. The number of aliphatic carboxylic acids is 1. The van der Waals surface area contributed by atoms with Crippen molar-refractivity contribution in [1.29, 1.82) is 0 Å². The highest BCUT2D eigenvalue weighted by Crippen LogP contribution is 2.37. The van der Waals surface area contributed by atoms with E-state index >= 15 is 0 Å². The molecule has 0 spiro atoms. The zero-order valence-corrected chi connectivity index (χ0v) is 11.8. The van der Waals surface area contributed by atoms with Crippen molar-refractivity contribution in [3.8, 4) is 0 Å². The second kappa shape index (κ2) is 6.24. The lowest BCUT2D eigenvalue weighted by atomic mass is 9.83. The molecule has 1 N–H and O–H groups in total. The zero-order chi connectivity index (χ0) is 13.8. The summed E-state index contributed by atoms with van der Waals surface area (Å²) < 4.78 is 0. The normalized spacial score (nSPS) is 16.3. The van der Waals surface area contributed by atoms with Crippen molar-refractivity contribution in [3.05, 3.63) is 29.3 Å². The summed E-state index contributed by atoms with van der Waals surface area (Å²) in [5, 5.41) is 8.76. The number of carbonyl (C=O) groups excluding carboxylic acids is 1. The molecule has 0 amide bonds. The summed E-state index contributed by atoms with van der Waals surface area (Å²) >= 11 is 1.59. The molecule has 1 saturated carbocycles. The largest absolute Gasteiger partial charge is 0.475 e. The number of benzene rings is 1. The number of carboxylic acids is 1. The first-order valence-electron chi connectivity index (χ1n) is 6.59. The highest BCUT2D eigenvalue weighted by molar-refractivity contribution is 7.98. The first-order chi connectivity index (χ1) is 9.13. The number of Topliss-reactive ketones (excluding diaryl/α,β-unsaturated/α-hetero) is 1. The molecule has 0 radical (unpaired) electrons. The van der Waals surface area contributed by atoms with Gasteiger partial charge in [-0.05, 0) is 36.6 Å². The van der Waals surface area contributed by atoms with E-state index in [4.69, 9.17) is 5.11 Å². The molecule has 1 fully saturated rings. The number of thioether (sulfide) groups is 1. The smallest absolute Gasteiger partial charge is 0.377 e. The van der Waals surface area contributed by atoms with Gasteiger partial charge < -0.3 is 5.11 Å². The number of hydrogen-bond acceptors (Lipinski definition) is 3. The monoisotopic (exact) mass is 278 g/mol. The van der Waals surface area contributed by atoms with Crippen LogP contribution < -0.4 is 0 Å². The van der Waals surface area contributed by atoms with Crippen LogP contribution in [0.25, 0.3) is 0 Å². The molecule has 0 atom stereocenters. The molecule has 0 unspecified atom stereocenters. The Kier molecular flexibility index (Phi) is 4.64. The molecule has 19 heavy (non-hydrogen) atoms. The first-order valence-corrected chi connectivity index (χ1v) is 7.81. The zero-order valence-electron chi connectivity index (χ0n) is 11.0. The van der Waals surface area contributed by atoms with Crippen LogP contribution in [0, 0.1) is 0 Å². The van der Waals surface area contributed by atoms with E-state index in [-0.39, 0.29) is 5.56 Å². The highest BCUT2D eigenvalue weighted by Gasteiger charge is 2.21. The quantitative estimate of drug-likeness (QED) is 0.518. The molecule has 4 heteroatoms. The van der Waals surface area contributed by atoms with Gasteiger partial charge >= 0.3 is 5.97 Å². The SMILES string of the molecule is CSc1cc(C(=O)C(=O)O)ccc1C1CCCCC1. The summed E-state index contributed by atoms with van der Waals surface area (Å²) in [5.41, 5.74) is 1.55. The molecule has 0 saturated heterocycles. The Bertz CT molecular complexity index is 490. The number of carbonyl (C=O) groups is 2. The number of rotatable bonds is 4. The van der Waals surface area contributed by atoms with Crippen molar-refractivity contribution in [1.82, 2.24) is 0 Å². The lowest BCUT2D eigenvalue weighted by Gasteiger charge is -2.24. The number of carboxylic acid groups (broad SMARTS) is 1. The third-order valence-corrected chi connectivity index (χ3v) is 4.53. The molecule has 0 bridgehead atoms. The van der Waals surface area contributed by atoms with Gasteiger partial charge in [-0.1, -0.05) is 31.4 Å². The third kappa shape index (κ3) is 3.18. The van der Waals surface area contributed by atoms with Crippen LogP contribution in [0.4, 0.5) is 0 Å². The minimum Gasteiger partial charge on any atom is -0.475 e. The average molecular weight is 278 g/mol. The van der Waals surface area contributed by atoms with Crippen molar-refractivity contribution in [2.75, 3.05) is 6.26 Å². The maximum absolute atomic E-state index is 11.5. The fourth-order valence-electron chi connectivity index (χ4n) is 2.73. The van der Waals surface area contributed by atoms with Gasteiger partial charge in [-0.15, -0.1) is 11.8 Å². The number of ketones is 1. The molecule has 3 nitrogen and oxygen atoms in total. The van der Waals surface area contributed by atoms with E-state index in [1.807, 2.05) is 12.3 Å². The standard InChI is InChI=1S/C15H18O3S/c1-19-13-9-11(14(16)15(17)18)7-8-12(13)10-5-3-2-4-6-10/h7-10H,2-6H2,1H3,(H,17,18). The summed E-state index contributed by atoms with van der Waals surface area (Å²) in [6.45, 7) is 0. The lowest BCUT2D eigenvalue weighted by Crippen LogP contribution is -2.13. The Balaban J connectivity index is 2.30. The van der Waals surface area contributed by atoms with Gasteiger partial charge in [0.25, 0.3) is 5.78 Å². The van der Waals surface area contributed by atoms with E-state index < -0.39 is 11.8 Å². The van der Waals surface area contributed by atoms with Gasteiger partial charge in [0.15, 0.2) is 0 Å². The topological polar surface area (TPSA) is 54.4 Å². The Hall–Kier alpha value is -1.29. The van der Waals surface area contributed by atoms with E-state index in [0.29, 0.717) is 5.92 Å². The van der Waals surface area contributed by atoms with E-state index in [1.54, 1.807) is 23.9 Å². The fraction of sp³-hybridized carbons (Fsp3) is 0.467. The molecular formula is C15H18O3S. The van der Waals surface area contributed by atoms with Crippen molar-refractivity contribution in [2.45, 2.75) is 42.9 Å². The Morgan fingerprint density at radius 1 is 1.21 bits per heavy atom. The molecule has 0 aliphatic heterocycles. The first kappa shape index (κ1) is 14.1. The highest BCUT2D eigenvalue weighted by atomic mass is 32.2. The van der Waals surface area contributed by atoms with E-state index in [1.165, 1.54) is 37.7 Å². The Morgan fingerprint density at radius 3 is 2.47 bits per heavy atom. The summed E-state index contributed by atoms with van der Waals surface area (Å²) in [7, 11) is 0. The molecule has 1 aromatic carbocycles. The Morgan fingerprint density at radius 2 is 1.89 bits per heavy atom. The molecule has 102 valence electrons. The molecule has 1 aliphatic carbocycles. The van der Waals surface area contributed by atoms with Crippen molar-refractivity contribution < 1.29 is 14.7 Å². The van der Waals surface area contributed by atoms with E-state index in [9.17, 15) is 9.59 Å². The predicted molar refractivity (Wildman–Crippen MR) is 76.0 cm³/mol. The second-order valence-corrected chi connectivity index (χ2v) is 5.77. The minimum absolute atomic E-state index is 0.274. The Labute approximate surface area is 117 Å². The molecule has 0 heterocycles. The van der Waals surface area contributed by atoms with Crippen LogP contribution in [0.2, 0.25) is 0 Å². The lowest BCUT2D eigenvalue weighted by molar-refractivity contribution is -0.131. The maximum Gasteiger partial charge on any atom is 0.377 e. The van der Waals surface area contributed by atoms with Gasteiger partial charge in [0, 0.05) is 10.5 Å². The van der Waals surface area contributed by atoms with Crippen molar-refractivity contribution in [3.63, 3.8) is 0 Å². The van der Waals surface area contributed by atoms with Crippen LogP contribution in [0.5, 0.6) is 0 Å². The van der Waals surface area contributed by atoms with Crippen LogP contribution in [-0.2, 0) is 4.79 Å². The van der Waals surface area contributed by atoms with Gasteiger partial charge in [-0.3, -0.25) is 4.79 Å². The van der Waals surface area contributed by atoms with Crippen LogP contribution in [0.15, 0.2) is 23.1 Å². The van der Waals surface area contributed by atoms with Crippen LogP contribution in [-0.4, -0.2) is 23.1 Å². The van der Waals surface area contributed by atoms with Crippen LogP contribution in [0.1, 0.15) is 53.9 Å². The summed E-state index contributed by atoms with van der Waals surface area (Å²) in [6.07, 6.45) is 8.18. The third-order valence-electron chi connectivity index (χ3n) is 3.73. The molecular weight excluding hydrogens is 260 g/mol. The van der Waals surface area contributed by atoms with E-state index in [0.717, 1.165) is 4.90 Å². The summed E-state index contributed by atoms with van der Waals surface area (Å²) in [4.78, 5) is 23.3. The molecule has 0 aromatic heterocycles. The van der Waals surface area contributed by atoms with Crippen molar-refractivity contribution >= 4 is 23.5 Å². The van der Waals surface area contributed by atoms with Gasteiger partial charge in [-0.2, -0.15) is 0 Å². The van der Waals surface area contributed by atoms with Gasteiger partial charge in [0.2, 0.25) is 0 Å². The summed E-state index contributed by atoms with van der Waals surface area (Å²) in [5.74, 6) is -1.66. The maximum atomic E-state index is 11.5. The second-order valence-electron chi connectivity index (χ2n) is 4.93. The average Bonchev–Trinajstić information content (AvgIpc) is 2.46. The van der Waals surface area contributed by atoms with Crippen LogP contribution >= 0.6 is 11.8 Å². The molecule has 1 aliphatic rings. The van der Waals surface area contributed by atoms with Gasteiger partial charge in [0.1, 0.15) is 0 Å². The van der Waals surface area contributed by atoms with Crippen molar-refractivity contribution in [2.24, 2.45) is 0 Å². The minimum atomic E-state index is -1.39. The number of hydrogen-bond donors (Lipinski definition) is 1. The molecule has 2 rings (SSSR count). The fourth-order valence-corrected chi connectivity index (χ4v) is 3.44.